The van der Waals surface area contributed by atoms with E-state index in [2.05, 4.69) is 62.5 Å². The molecule has 0 aliphatic carbocycles. The van der Waals surface area contributed by atoms with Crippen LogP contribution >= 0.6 is 0 Å². The van der Waals surface area contributed by atoms with E-state index < -0.39 is 108 Å². The fraction of sp³-hybridized carbons (Fsp3) is 0.426. The van der Waals surface area contributed by atoms with Crippen LogP contribution in [0, 0.1) is 5.82 Å². The maximum Gasteiger partial charge on any atom is 0.243 e. The van der Waals surface area contributed by atoms with Crippen molar-refractivity contribution in [2.24, 2.45) is 22.2 Å². The minimum atomic E-state index is -1.61. The van der Waals surface area contributed by atoms with Crippen LogP contribution in [0.2, 0.25) is 0 Å². The third kappa shape index (κ3) is 17.8. The summed E-state index contributed by atoms with van der Waals surface area (Å²) in [4.78, 5) is 140. The molecule has 0 unspecified atom stereocenters. The quantitative estimate of drug-likeness (QED) is 0.0334. The molecular weight excluding hydrogens is 1020 g/mol. The Hall–Kier alpha value is -8.90. The number of aromatic amines is 2. The Morgan fingerprint density at radius 2 is 1.46 bits per heavy atom. The number of unbranched alkanes of at least 4 members (excludes halogenated alkanes) is 1. The third-order valence-electron chi connectivity index (χ3n) is 13.3. The van der Waals surface area contributed by atoms with Gasteiger partial charge in [-0.2, -0.15) is 0 Å². The van der Waals surface area contributed by atoms with Gasteiger partial charge >= 0.3 is 0 Å². The predicted molar refractivity (Wildman–Crippen MR) is 291 cm³/mol. The molecule has 79 heavy (non-hydrogen) atoms. The number of carbonyl (C=O) groups is 9. The van der Waals surface area contributed by atoms with Crippen molar-refractivity contribution >= 4 is 80.8 Å². The number of imidazole rings is 1. The summed E-state index contributed by atoms with van der Waals surface area (Å²) in [6.45, 7) is 3.16. The molecule has 3 heterocycles. The molecule has 1 fully saturated rings. The van der Waals surface area contributed by atoms with Crippen molar-refractivity contribution in [3.8, 4) is 0 Å². The molecular formula is C54H70FN15O9. The Bertz CT molecular complexity index is 3000. The lowest BCUT2D eigenvalue weighted by Crippen LogP contribution is -2.61. The van der Waals surface area contributed by atoms with Crippen molar-refractivity contribution in [1.29, 1.82) is 0 Å². The molecule has 9 amide bonds. The lowest BCUT2D eigenvalue weighted by atomic mass is 9.99. The highest BCUT2D eigenvalue weighted by Gasteiger charge is 2.35. The lowest BCUT2D eigenvalue weighted by molar-refractivity contribution is -0.136. The van der Waals surface area contributed by atoms with E-state index >= 15 is 0 Å². The summed E-state index contributed by atoms with van der Waals surface area (Å²) >= 11 is 0. The van der Waals surface area contributed by atoms with Crippen LogP contribution < -0.4 is 59.7 Å². The minimum absolute atomic E-state index is 0.0103. The molecule has 0 radical (unpaired) electrons. The van der Waals surface area contributed by atoms with Gasteiger partial charge in [0.1, 0.15) is 48.1 Å². The van der Waals surface area contributed by atoms with Crippen LogP contribution in [0.1, 0.15) is 88.5 Å². The van der Waals surface area contributed by atoms with E-state index in [9.17, 15) is 47.5 Å². The van der Waals surface area contributed by atoms with Crippen molar-refractivity contribution in [3.05, 3.63) is 102 Å². The average molecular weight is 1090 g/mol. The zero-order valence-electron chi connectivity index (χ0n) is 44.1. The smallest absolute Gasteiger partial charge is 0.243 e. The number of para-hydroxylation sites is 1. The van der Waals surface area contributed by atoms with Crippen molar-refractivity contribution < 1.29 is 47.5 Å². The number of carbonyl (C=O) groups excluding carboxylic acids is 9. The molecule has 1 saturated heterocycles. The number of aromatic nitrogens is 3. The van der Waals surface area contributed by atoms with Gasteiger partial charge in [-0.3, -0.25) is 48.1 Å². The maximum absolute atomic E-state index is 14.9. The van der Waals surface area contributed by atoms with E-state index in [0.717, 1.165) is 10.8 Å². The molecule has 6 rings (SSSR count). The van der Waals surface area contributed by atoms with Gasteiger partial charge in [0.15, 0.2) is 5.96 Å². The fourth-order valence-electron chi connectivity index (χ4n) is 9.19. The molecule has 2 aromatic heterocycles. The lowest BCUT2D eigenvalue weighted by Gasteiger charge is -2.28. The van der Waals surface area contributed by atoms with E-state index in [1.54, 1.807) is 12.1 Å². The molecule has 25 heteroatoms. The molecule has 422 valence electrons. The summed E-state index contributed by atoms with van der Waals surface area (Å²) in [6.07, 6.45) is 4.90. The topological polar surface area (TPSA) is 385 Å². The molecule has 1 aliphatic rings. The number of amides is 9. The summed E-state index contributed by atoms with van der Waals surface area (Å²) in [5, 5.41) is 23.6. The molecule has 0 bridgehead atoms. The highest BCUT2D eigenvalue weighted by Crippen LogP contribution is 2.23. The van der Waals surface area contributed by atoms with Crippen LogP contribution in [-0.4, -0.2) is 129 Å². The zero-order chi connectivity index (χ0) is 57.0. The molecule has 5 aromatic rings. The van der Waals surface area contributed by atoms with Gasteiger partial charge in [0.05, 0.1) is 18.3 Å². The van der Waals surface area contributed by atoms with E-state index in [1.165, 1.54) is 37.8 Å². The van der Waals surface area contributed by atoms with Crippen LogP contribution in [0.4, 0.5) is 4.39 Å². The number of guanidine groups is 1. The number of hydrogen-bond donors (Lipinski definition) is 13. The minimum Gasteiger partial charge on any atom is -0.370 e. The monoisotopic (exact) mass is 1090 g/mol. The highest BCUT2D eigenvalue weighted by atomic mass is 19.1. The number of nitrogens with two attached hydrogens (primary N) is 3. The summed E-state index contributed by atoms with van der Waals surface area (Å²) in [7, 11) is 0. The Morgan fingerprint density at radius 3 is 2.15 bits per heavy atom. The summed E-state index contributed by atoms with van der Waals surface area (Å²) in [6, 6.07) is 7.44. The summed E-state index contributed by atoms with van der Waals surface area (Å²) in [5.41, 5.74) is 18.5. The number of H-pyrrole nitrogens is 2. The standard InChI is InChI=1S/C54H70FN15O9/c1-3-4-15-39(64-30(2)71)48(74)70-44-26-45(72)60-20-8-7-16-38(47(56)73)65-51(77)42(24-34-27-62-46-36(34)13-9-14-37(46)55)68-49(75)40(17-10-21-61-54(57)58)66-50(76)41(23-31-18-19-32-11-5-6-12-33(32)22-31)67-52(78)43(69-53(44)79)25-35-28-59-29-63-35/h5-6,9,11-14,18-19,22,27-29,38-44,62H,3-4,7-8,10,15-17,20-21,23-26H2,1-2H3,(H2,56,73)(H,59,63)(H,60,72)(H,64,71)(H,65,77)(H,66,76)(H,67,78)(H,68,75)(H,69,79)(H,70,74)(H4,57,58,61)/t38-,39-,40-,41+,42-,43-,44-/m0/s1. The largest absolute Gasteiger partial charge is 0.370 e. The molecule has 16 N–H and O–H groups in total. The second kappa shape index (κ2) is 29.0. The van der Waals surface area contributed by atoms with Gasteiger partial charge in [-0.1, -0.05) is 74.4 Å². The number of nitrogens with one attached hydrogen (secondary N) is 10. The number of hydrogen-bond acceptors (Lipinski definition) is 11. The number of rotatable bonds is 17. The van der Waals surface area contributed by atoms with Crippen LogP contribution in [0.5, 0.6) is 0 Å². The zero-order valence-corrected chi connectivity index (χ0v) is 44.1. The third-order valence-corrected chi connectivity index (χ3v) is 13.3. The van der Waals surface area contributed by atoms with Crippen molar-refractivity contribution in [2.75, 3.05) is 13.1 Å². The number of aliphatic imine (C=N–C) groups is 1. The molecule has 3 aromatic carbocycles. The number of nitrogens with zero attached hydrogens (tertiary/aromatic N) is 2. The van der Waals surface area contributed by atoms with Gasteiger partial charge in [0.2, 0.25) is 53.2 Å². The number of primary amides is 1. The first-order valence-electron chi connectivity index (χ1n) is 26.3. The first-order chi connectivity index (χ1) is 37.9. The molecule has 0 spiro atoms. The van der Waals surface area contributed by atoms with Gasteiger partial charge in [-0.05, 0) is 66.5 Å². The van der Waals surface area contributed by atoms with Gasteiger partial charge < -0.3 is 69.7 Å². The van der Waals surface area contributed by atoms with Crippen molar-refractivity contribution in [3.63, 3.8) is 0 Å². The normalized spacial score (nSPS) is 20.8. The number of halogens is 1. The van der Waals surface area contributed by atoms with E-state index in [-0.39, 0.29) is 82.4 Å². The SMILES string of the molecule is CCCC[C@H](NC(C)=O)C(=O)N[C@H]1CC(=O)NCCCC[C@@H](C(N)=O)NC(=O)[C@H](Cc2c[nH]c3c(F)cccc23)NC(=O)[C@H](CCCN=C(N)N)NC(=O)[C@@H](Cc2ccc3ccccc3c2)NC(=O)[C@H](Cc2cnc[nH]2)NC1=O. The predicted octanol–water partition coefficient (Wildman–Crippen LogP) is 0.0440. The molecule has 0 saturated carbocycles. The second-order valence-electron chi connectivity index (χ2n) is 19.5. The van der Waals surface area contributed by atoms with Gasteiger partial charge in [0, 0.05) is 62.7 Å². The molecule has 7 atom stereocenters. The fourth-order valence-corrected chi connectivity index (χ4v) is 9.19. The van der Waals surface area contributed by atoms with Gasteiger partial charge in [-0.25, -0.2) is 9.37 Å². The van der Waals surface area contributed by atoms with Gasteiger partial charge in [-0.15, -0.1) is 0 Å². The van der Waals surface area contributed by atoms with Crippen molar-refractivity contribution in [2.45, 2.75) is 133 Å². The summed E-state index contributed by atoms with van der Waals surface area (Å²) < 4.78 is 14.9. The molecule has 24 nitrogen and oxygen atoms in total. The van der Waals surface area contributed by atoms with E-state index in [1.807, 2.05) is 43.3 Å². The molecule has 1 aliphatic heterocycles. The van der Waals surface area contributed by atoms with Gasteiger partial charge in [0.25, 0.3) is 0 Å². The van der Waals surface area contributed by atoms with Crippen LogP contribution in [0.3, 0.4) is 0 Å². The summed E-state index contributed by atoms with van der Waals surface area (Å²) in [5.74, 6) is -8.07. The Kier molecular flexibility index (Phi) is 21.8. The van der Waals surface area contributed by atoms with Crippen LogP contribution in [0.25, 0.3) is 21.7 Å². The second-order valence-corrected chi connectivity index (χ2v) is 19.5. The van der Waals surface area contributed by atoms with E-state index in [0.29, 0.717) is 35.0 Å². The average Bonchev–Trinajstić information content (AvgIpc) is 4.15. The maximum atomic E-state index is 14.9. The first-order valence-corrected chi connectivity index (χ1v) is 26.3. The Balaban J connectivity index is 1.41. The van der Waals surface area contributed by atoms with Crippen LogP contribution in [-0.2, 0) is 62.4 Å². The van der Waals surface area contributed by atoms with Crippen molar-refractivity contribution in [1.82, 2.24) is 57.5 Å². The first kappa shape index (κ1) is 59.3. The van der Waals surface area contributed by atoms with Crippen LogP contribution in [0.15, 0.2) is 84.4 Å². The Morgan fingerprint density at radius 1 is 0.772 bits per heavy atom. The highest BCUT2D eigenvalue weighted by molar-refractivity contribution is 5.99. The van der Waals surface area contributed by atoms with E-state index in [4.69, 9.17) is 17.2 Å². The Labute approximate surface area is 455 Å². The number of benzene rings is 3. The number of fused-ring (bicyclic) bond motifs is 2.